The molecule has 4 bridgehead atoms. The molecule has 0 radical (unpaired) electrons. The zero-order chi connectivity index (χ0) is 24.2. The second-order valence-corrected chi connectivity index (χ2v) is 11.7. The van der Waals surface area contributed by atoms with E-state index >= 15 is 0 Å². The van der Waals surface area contributed by atoms with Crippen LogP contribution in [0.15, 0.2) is 48.8 Å². The molecule has 7 rings (SSSR count). The van der Waals surface area contributed by atoms with Gasteiger partial charge in [0.2, 0.25) is 5.91 Å². The number of pyridine rings is 1. The first-order valence-corrected chi connectivity index (χ1v) is 13.1. The third-order valence-electron chi connectivity index (χ3n) is 9.63. The summed E-state index contributed by atoms with van der Waals surface area (Å²) in [4.78, 5) is 30.7. The average molecular weight is 476 g/mol. The molecule has 2 aromatic rings. The number of halogens is 1. The average Bonchev–Trinajstić information content (AvgIpc) is 3.65. The van der Waals surface area contributed by atoms with Crippen LogP contribution >= 0.6 is 0 Å². The summed E-state index contributed by atoms with van der Waals surface area (Å²) in [5.41, 5.74) is 7.97. The summed E-state index contributed by atoms with van der Waals surface area (Å²) < 4.78 is 13.3. The molecule has 3 N–H and O–H groups in total. The number of rotatable bonds is 8. The van der Waals surface area contributed by atoms with Gasteiger partial charge < -0.3 is 11.1 Å². The van der Waals surface area contributed by atoms with Gasteiger partial charge in [-0.05, 0) is 104 Å². The van der Waals surface area contributed by atoms with E-state index in [-0.39, 0.29) is 23.2 Å². The van der Waals surface area contributed by atoms with Gasteiger partial charge in [0.05, 0.1) is 5.41 Å². The number of hydrogen-bond acceptors (Lipinski definition) is 4. The van der Waals surface area contributed by atoms with Crippen LogP contribution < -0.4 is 11.1 Å². The van der Waals surface area contributed by atoms with Crippen LogP contribution in [0.2, 0.25) is 0 Å². The molecule has 35 heavy (non-hydrogen) atoms. The highest BCUT2D eigenvalue weighted by molar-refractivity contribution is 5.91. The van der Waals surface area contributed by atoms with E-state index in [1.54, 1.807) is 24.5 Å². The molecule has 5 nitrogen and oxygen atoms in total. The van der Waals surface area contributed by atoms with Crippen molar-refractivity contribution in [3.05, 3.63) is 65.7 Å². The molecule has 5 aliphatic rings. The number of carbonyl (C=O) groups excluding carboxylic acids is 2. The Morgan fingerprint density at radius 1 is 1.03 bits per heavy atom. The first kappa shape index (κ1) is 22.8. The van der Waals surface area contributed by atoms with Crippen LogP contribution in [-0.4, -0.2) is 29.3 Å². The summed E-state index contributed by atoms with van der Waals surface area (Å²) in [5, 5.41) is 3.14. The van der Waals surface area contributed by atoms with Crippen molar-refractivity contribution in [1.29, 1.82) is 0 Å². The van der Waals surface area contributed by atoms with E-state index in [4.69, 9.17) is 5.73 Å². The molecule has 1 aromatic heterocycles. The number of Topliss-reactive ketones (excluding diaryl/α,β-unsaturated/α-hetero) is 1. The monoisotopic (exact) mass is 475 g/mol. The molecule has 0 aliphatic heterocycles. The molecule has 184 valence electrons. The van der Waals surface area contributed by atoms with E-state index < -0.39 is 5.41 Å². The van der Waals surface area contributed by atoms with Crippen molar-refractivity contribution in [2.24, 2.45) is 34.8 Å². The fourth-order valence-electron chi connectivity index (χ4n) is 8.03. The largest absolute Gasteiger partial charge is 0.354 e. The summed E-state index contributed by atoms with van der Waals surface area (Å²) >= 11 is 0. The number of nitrogens with one attached hydrogen (secondary N) is 1. The highest BCUT2D eigenvalue weighted by atomic mass is 19.1. The molecule has 0 saturated heterocycles. The van der Waals surface area contributed by atoms with Gasteiger partial charge >= 0.3 is 0 Å². The number of nitrogens with zero attached hydrogens (tertiary/aromatic N) is 1. The Hall–Kier alpha value is -2.60. The summed E-state index contributed by atoms with van der Waals surface area (Å²) in [6, 6.07) is 10.1. The molecule has 1 heterocycles. The van der Waals surface area contributed by atoms with Crippen molar-refractivity contribution in [1.82, 2.24) is 10.3 Å². The minimum atomic E-state index is -0.527. The van der Waals surface area contributed by atoms with E-state index in [0.29, 0.717) is 42.4 Å². The minimum Gasteiger partial charge on any atom is -0.354 e. The van der Waals surface area contributed by atoms with Gasteiger partial charge in [0.15, 0.2) is 0 Å². The van der Waals surface area contributed by atoms with E-state index in [9.17, 15) is 14.0 Å². The van der Waals surface area contributed by atoms with Crippen LogP contribution in [0.25, 0.3) is 0 Å². The molecule has 3 atom stereocenters. The minimum absolute atomic E-state index is 0.00683. The van der Waals surface area contributed by atoms with Gasteiger partial charge in [-0.2, -0.15) is 0 Å². The number of aromatic nitrogens is 1. The molecular formula is C29H34FN3O2. The fraction of sp³-hybridized carbons (Fsp3) is 0.552. The molecule has 1 amide bonds. The highest BCUT2D eigenvalue weighted by Gasteiger charge is 2.59. The Bertz CT molecular complexity index is 1100. The fourth-order valence-corrected chi connectivity index (χ4v) is 8.03. The number of carbonyl (C=O) groups is 2. The Morgan fingerprint density at radius 2 is 1.69 bits per heavy atom. The predicted molar refractivity (Wildman–Crippen MR) is 131 cm³/mol. The Balaban J connectivity index is 1.10. The normalized spacial score (nSPS) is 32.7. The van der Waals surface area contributed by atoms with Crippen LogP contribution in [0.5, 0.6) is 0 Å². The zero-order valence-corrected chi connectivity index (χ0v) is 20.1. The third kappa shape index (κ3) is 4.00. The van der Waals surface area contributed by atoms with Gasteiger partial charge in [-0.3, -0.25) is 14.6 Å². The lowest BCUT2D eigenvalue weighted by atomic mass is 9.44. The molecule has 0 spiro atoms. The first-order valence-electron chi connectivity index (χ1n) is 13.1. The number of benzene rings is 1. The number of ketones is 1. The van der Waals surface area contributed by atoms with Gasteiger partial charge in [0, 0.05) is 36.8 Å². The maximum Gasteiger partial charge on any atom is 0.230 e. The lowest BCUT2D eigenvalue weighted by molar-refractivity contribution is -0.151. The van der Waals surface area contributed by atoms with Crippen LogP contribution in [-0.2, 0) is 21.4 Å². The topological polar surface area (TPSA) is 85.1 Å². The number of hydrogen-bond donors (Lipinski definition) is 2. The van der Waals surface area contributed by atoms with Gasteiger partial charge in [-0.1, -0.05) is 12.1 Å². The maximum atomic E-state index is 13.5. The Morgan fingerprint density at radius 3 is 2.31 bits per heavy atom. The van der Waals surface area contributed by atoms with Crippen molar-refractivity contribution >= 4 is 11.7 Å². The molecule has 5 aliphatic carbocycles. The molecule has 5 fully saturated rings. The number of nitrogens with two attached hydrogens (primary N) is 1. The maximum absolute atomic E-state index is 13.5. The molecule has 1 aromatic carbocycles. The molecule has 5 saturated carbocycles. The quantitative estimate of drug-likeness (QED) is 0.606. The van der Waals surface area contributed by atoms with Crippen molar-refractivity contribution in [2.45, 2.75) is 62.8 Å². The van der Waals surface area contributed by atoms with Gasteiger partial charge in [0.1, 0.15) is 11.6 Å². The van der Waals surface area contributed by atoms with E-state index in [1.807, 2.05) is 12.1 Å². The predicted octanol–water partition coefficient (Wildman–Crippen LogP) is 3.95. The molecule has 6 heteroatoms. The summed E-state index contributed by atoms with van der Waals surface area (Å²) in [6.45, 7) is 0.460. The summed E-state index contributed by atoms with van der Waals surface area (Å²) in [7, 11) is 0. The van der Waals surface area contributed by atoms with E-state index in [2.05, 4.69) is 10.3 Å². The SMILES string of the molecule is NC(CNC(=O)C1(c2ccc(F)cc2)CC1)C1C2CC3CC1CC(C(=O)Cc1ccncc1)(C3)C2. The third-order valence-corrected chi connectivity index (χ3v) is 9.63. The van der Waals surface area contributed by atoms with Crippen LogP contribution in [0.1, 0.15) is 56.1 Å². The van der Waals surface area contributed by atoms with Crippen molar-refractivity contribution in [3.8, 4) is 0 Å². The smallest absolute Gasteiger partial charge is 0.230 e. The molecular weight excluding hydrogens is 441 g/mol. The highest BCUT2D eigenvalue weighted by Crippen LogP contribution is 2.63. The van der Waals surface area contributed by atoms with Gasteiger partial charge in [-0.25, -0.2) is 4.39 Å². The summed E-state index contributed by atoms with van der Waals surface area (Å²) in [6.07, 6.45) is 10.8. The standard InChI is InChI=1S/C29H34FN3O2/c30-23-3-1-22(2-4-23)29(7-8-29)27(35)33-17-24(31)26-20-11-19-12-21(26)16-28(14-19,15-20)25(34)13-18-5-9-32-10-6-18/h1-6,9-10,19-21,24,26H,7-8,11-17,31H2,(H,33,35). The van der Waals surface area contributed by atoms with Crippen molar-refractivity contribution in [2.75, 3.05) is 6.54 Å². The van der Waals surface area contributed by atoms with Crippen molar-refractivity contribution < 1.29 is 14.0 Å². The second-order valence-electron chi connectivity index (χ2n) is 11.7. The molecule has 3 unspecified atom stereocenters. The van der Waals surface area contributed by atoms with E-state index in [1.165, 1.54) is 12.1 Å². The van der Waals surface area contributed by atoms with Crippen molar-refractivity contribution in [3.63, 3.8) is 0 Å². The Labute approximate surface area is 206 Å². The summed E-state index contributed by atoms with van der Waals surface area (Å²) in [5.74, 6) is 2.01. The van der Waals surface area contributed by atoms with Gasteiger partial charge in [-0.15, -0.1) is 0 Å². The van der Waals surface area contributed by atoms with E-state index in [0.717, 1.165) is 56.1 Å². The first-order chi connectivity index (χ1) is 16.9. The zero-order valence-electron chi connectivity index (χ0n) is 20.1. The lowest BCUT2D eigenvalue weighted by Crippen LogP contribution is -2.59. The second kappa shape index (κ2) is 8.51. The lowest BCUT2D eigenvalue weighted by Gasteiger charge is -2.60. The van der Waals surface area contributed by atoms with Crippen LogP contribution in [0.3, 0.4) is 0 Å². The van der Waals surface area contributed by atoms with Crippen LogP contribution in [0, 0.1) is 34.9 Å². The number of amides is 1. The Kier molecular flexibility index (Phi) is 5.55. The van der Waals surface area contributed by atoms with Gasteiger partial charge in [0.25, 0.3) is 0 Å². The van der Waals surface area contributed by atoms with Crippen LogP contribution in [0.4, 0.5) is 4.39 Å².